The fourth-order valence-corrected chi connectivity index (χ4v) is 1.50. The van der Waals surface area contributed by atoms with Gasteiger partial charge in [-0.05, 0) is 36.0 Å². The van der Waals surface area contributed by atoms with Crippen molar-refractivity contribution in [2.45, 2.75) is 41.2 Å². The summed E-state index contributed by atoms with van der Waals surface area (Å²) in [7, 11) is 0. The van der Waals surface area contributed by atoms with Crippen molar-refractivity contribution in [1.82, 2.24) is 5.32 Å². The minimum atomic E-state index is 0.361. The van der Waals surface area contributed by atoms with Gasteiger partial charge in [-0.2, -0.15) is 0 Å². The Morgan fingerprint density at radius 1 is 1.07 bits per heavy atom. The molecule has 0 amide bonds. The van der Waals surface area contributed by atoms with Gasteiger partial charge in [-0.1, -0.05) is 39.0 Å². The highest BCUT2D eigenvalue weighted by molar-refractivity contribution is 5.29. The van der Waals surface area contributed by atoms with E-state index >= 15 is 0 Å². The smallest absolute Gasteiger partial charge is 0.0205 e. The first-order valence-electron chi connectivity index (χ1n) is 5.65. The average molecular weight is 205 g/mol. The first-order chi connectivity index (χ1) is 6.88. The second kappa shape index (κ2) is 4.80. The lowest BCUT2D eigenvalue weighted by atomic mass is 9.97. The molecule has 0 fully saturated rings. The van der Waals surface area contributed by atoms with Gasteiger partial charge in [0, 0.05) is 13.1 Å². The van der Waals surface area contributed by atoms with Crippen LogP contribution in [0.3, 0.4) is 0 Å². The molecule has 1 aromatic carbocycles. The molecule has 0 saturated heterocycles. The van der Waals surface area contributed by atoms with Gasteiger partial charge in [-0.3, -0.25) is 0 Å². The van der Waals surface area contributed by atoms with Crippen molar-refractivity contribution in [3.63, 3.8) is 0 Å². The fourth-order valence-electron chi connectivity index (χ4n) is 1.50. The molecule has 1 rings (SSSR count). The van der Waals surface area contributed by atoms with E-state index in [1.807, 2.05) is 0 Å². The average Bonchev–Trinajstić information content (AvgIpc) is 2.09. The van der Waals surface area contributed by atoms with E-state index < -0.39 is 0 Å². The summed E-state index contributed by atoms with van der Waals surface area (Å²) in [6.45, 7) is 13.1. The normalized spacial score (nSPS) is 11.8. The summed E-state index contributed by atoms with van der Waals surface area (Å²) in [6.07, 6.45) is 0. The Bertz CT molecular complexity index is 321. The minimum Gasteiger partial charge on any atom is -0.312 e. The number of hydrogen-bond donors (Lipinski definition) is 1. The molecule has 0 unspecified atom stereocenters. The summed E-state index contributed by atoms with van der Waals surface area (Å²) in [5.74, 6) is 0. The topological polar surface area (TPSA) is 12.0 Å². The van der Waals surface area contributed by atoms with Gasteiger partial charge in [0.2, 0.25) is 0 Å². The van der Waals surface area contributed by atoms with Crippen LogP contribution in [0, 0.1) is 19.3 Å². The van der Waals surface area contributed by atoms with Crippen molar-refractivity contribution in [3.05, 3.63) is 34.9 Å². The van der Waals surface area contributed by atoms with Crippen LogP contribution in [-0.4, -0.2) is 6.54 Å². The molecule has 0 aliphatic carbocycles. The van der Waals surface area contributed by atoms with Gasteiger partial charge in [0.15, 0.2) is 0 Å². The van der Waals surface area contributed by atoms with Gasteiger partial charge in [-0.15, -0.1) is 0 Å². The van der Waals surface area contributed by atoms with E-state index in [0.29, 0.717) is 5.41 Å². The lowest BCUT2D eigenvalue weighted by Gasteiger charge is -2.19. The maximum Gasteiger partial charge on any atom is 0.0205 e. The Labute approximate surface area is 93.9 Å². The maximum atomic E-state index is 3.49. The second-order valence-corrected chi connectivity index (χ2v) is 5.58. The lowest BCUT2D eigenvalue weighted by molar-refractivity contribution is 0.379. The van der Waals surface area contributed by atoms with Gasteiger partial charge in [-0.25, -0.2) is 0 Å². The van der Waals surface area contributed by atoms with E-state index in [4.69, 9.17) is 0 Å². The van der Waals surface area contributed by atoms with E-state index in [9.17, 15) is 0 Å². The quantitative estimate of drug-likeness (QED) is 0.797. The third-order valence-electron chi connectivity index (χ3n) is 2.56. The highest BCUT2D eigenvalue weighted by Gasteiger charge is 2.08. The van der Waals surface area contributed by atoms with Crippen LogP contribution in [-0.2, 0) is 6.54 Å². The molecule has 0 atom stereocenters. The van der Waals surface area contributed by atoms with Gasteiger partial charge >= 0.3 is 0 Å². The fraction of sp³-hybridized carbons (Fsp3) is 0.571. The summed E-state index contributed by atoms with van der Waals surface area (Å²) in [4.78, 5) is 0. The van der Waals surface area contributed by atoms with Crippen LogP contribution >= 0.6 is 0 Å². The number of rotatable bonds is 3. The molecule has 0 radical (unpaired) electrons. The van der Waals surface area contributed by atoms with E-state index in [0.717, 1.165) is 13.1 Å². The van der Waals surface area contributed by atoms with Gasteiger partial charge < -0.3 is 5.32 Å². The molecule has 0 bridgehead atoms. The predicted octanol–water partition coefficient (Wildman–Crippen LogP) is 3.44. The van der Waals surface area contributed by atoms with Crippen LogP contribution in [0.15, 0.2) is 18.2 Å². The van der Waals surface area contributed by atoms with Crippen molar-refractivity contribution >= 4 is 0 Å². The summed E-state index contributed by atoms with van der Waals surface area (Å²) in [5, 5.41) is 3.49. The van der Waals surface area contributed by atoms with Crippen molar-refractivity contribution < 1.29 is 0 Å². The zero-order valence-corrected chi connectivity index (χ0v) is 10.6. The third kappa shape index (κ3) is 4.48. The summed E-state index contributed by atoms with van der Waals surface area (Å²) in [5.41, 5.74) is 4.49. The Hall–Kier alpha value is -0.820. The minimum absolute atomic E-state index is 0.361. The largest absolute Gasteiger partial charge is 0.312 e. The maximum absolute atomic E-state index is 3.49. The van der Waals surface area contributed by atoms with Gasteiger partial charge in [0.1, 0.15) is 0 Å². The molecule has 0 heterocycles. The van der Waals surface area contributed by atoms with Gasteiger partial charge in [0.25, 0.3) is 0 Å². The second-order valence-electron chi connectivity index (χ2n) is 5.58. The highest BCUT2D eigenvalue weighted by atomic mass is 14.9. The molecule has 0 saturated carbocycles. The van der Waals surface area contributed by atoms with Crippen LogP contribution in [0.2, 0.25) is 0 Å². The SMILES string of the molecule is Cc1ccc(CNCC(C)(C)C)cc1C. The molecule has 1 nitrogen and oxygen atoms in total. The Kier molecular flexibility index (Phi) is 3.92. The molecule has 0 aliphatic rings. The van der Waals surface area contributed by atoms with Crippen molar-refractivity contribution in [3.8, 4) is 0 Å². The van der Waals surface area contributed by atoms with E-state index in [-0.39, 0.29) is 0 Å². The van der Waals surface area contributed by atoms with Crippen LogP contribution in [0.4, 0.5) is 0 Å². The number of nitrogens with one attached hydrogen (secondary N) is 1. The van der Waals surface area contributed by atoms with Crippen LogP contribution in [0.5, 0.6) is 0 Å². The summed E-state index contributed by atoms with van der Waals surface area (Å²) in [6, 6.07) is 6.67. The van der Waals surface area contributed by atoms with E-state index in [1.165, 1.54) is 16.7 Å². The molecule has 15 heavy (non-hydrogen) atoms. The standard InChI is InChI=1S/C14H23N/c1-11-6-7-13(8-12(11)2)9-15-10-14(3,4)5/h6-8,15H,9-10H2,1-5H3. The van der Waals surface area contributed by atoms with Crippen molar-refractivity contribution in [2.24, 2.45) is 5.41 Å². The van der Waals surface area contributed by atoms with Crippen LogP contribution in [0.1, 0.15) is 37.5 Å². The number of aryl methyl sites for hydroxylation is 2. The zero-order chi connectivity index (χ0) is 11.5. The lowest BCUT2D eigenvalue weighted by Crippen LogP contribution is -2.26. The van der Waals surface area contributed by atoms with Crippen molar-refractivity contribution in [2.75, 3.05) is 6.54 Å². The predicted molar refractivity (Wildman–Crippen MR) is 67.1 cm³/mol. The van der Waals surface area contributed by atoms with Crippen LogP contribution in [0.25, 0.3) is 0 Å². The molecular formula is C14H23N. The third-order valence-corrected chi connectivity index (χ3v) is 2.56. The molecule has 1 N–H and O–H groups in total. The van der Waals surface area contributed by atoms with E-state index in [2.05, 4.69) is 58.1 Å². The summed E-state index contributed by atoms with van der Waals surface area (Å²) >= 11 is 0. The van der Waals surface area contributed by atoms with Crippen LogP contribution < -0.4 is 5.32 Å². The molecule has 1 aromatic rings. The Balaban J connectivity index is 2.48. The number of hydrogen-bond acceptors (Lipinski definition) is 1. The summed E-state index contributed by atoms with van der Waals surface area (Å²) < 4.78 is 0. The molecule has 84 valence electrons. The molecule has 0 spiro atoms. The highest BCUT2D eigenvalue weighted by Crippen LogP contribution is 2.12. The van der Waals surface area contributed by atoms with Crippen molar-refractivity contribution in [1.29, 1.82) is 0 Å². The monoisotopic (exact) mass is 205 g/mol. The van der Waals surface area contributed by atoms with E-state index in [1.54, 1.807) is 0 Å². The first kappa shape index (κ1) is 12.3. The zero-order valence-electron chi connectivity index (χ0n) is 10.6. The first-order valence-corrected chi connectivity index (χ1v) is 5.65. The number of benzene rings is 1. The Morgan fingerprint density at radius 3 is 2.27 bits per heavy atom. The Morgan fingerprint density at radius 2 is 1.73 bits per heavy atom. The molecular weight excluding hydrogens is 182 g/mol. The molecule has 0 aromatic heterocycles. The van der Waals surface area contributed by atoms with Gasteiger partial charge in [0.05, 0.1) is 0 Å². The molecule has 0 aliphatic heterocycles. The molecule has 1 heteroatoms.